The lowest BCUT2D eigenvalue weighted by atomic mass is 10.1. The van der Waals surface area contributed by atoms with Gasteiger partial charge in [-0.25, -0.2) is 10.9 Å². The number of aliphatic hydroxyl groups excluding tert-OH is 1. The fourth-order valence-electron chi connectivity index (χ4n) is 1.98. The number of nitrogens with two attached hydrogens (primary N) is 1. The van der Waals surface area contributed by atoms with Gasteiger partial charge in [0, 0.05) is 6.07 Å². The topological polar surface area (TPSA) is 144 Å². The average Bonchev–Trinajstić information content (AvgIpc) is 2.51. The van der Waals surface area contributed by atoms with E-state index in [0.717, 1.165) is 18.2 Å². The largest absolute Gasteiger partial charge is 0.508 e. The van der Waals surface area contributed by atoms with Crippen LogP contribution in [0, 0.1) is 0 Å². The number of aromatic hydroxyl groups is 3. The van der Waals surface area contributed by atoms with Gasteiger partial charge in [0.15, 0.2) is 6.10 Å². The molecule has 0 saturated carbocycles. The summed E-state index contributed by atoms with van der Waals surface area (Å²) in [5.41, 5.74) is -0.488. The molecule has 0 bridgehead atoms. The average molecular weight is 353 g/mol. The van der Waals surface area contributed by atoms with Crippen LogP contribution in [0.25, 0.3) is 0 Å². The molecule has 0 aliphatic carbocycles. The molecule has 6 N–H and O–H groups in total. The molecule has 24 heavy (non-hydrogen) atoms. The summed E-state index contributed by atoms with van der Waals surface area (Å²) in [6, 6.07) is 7.05. The molecule has 0 spiro atoms. The van der Waals surface area contributed by atoms with Crippen LogP contribution >= 0.6 is 11.6 Å². The number of hydrogen-bond acceptors (Lipinski definition) is 7. The maximum Gasteiger partial charge on any atom is 0.280 e. The maximum atomic E-state index is 12.2. The Morgan fingerprint density at radius 3 is 2.33 bits per heavy atom. The number of rotatable bonds is 3. The summed E-state index contributed by atoms with van der Waals surface area (Å²) in [6.45, 7) is 0. The first-order valence-electron chi connectivity index (χ1n) is 6.54. The molecule has 2 aromatic rings. The van der Waals surface area contributed by atoms with Crippen LogP contribution in [-0.4, -0.2) is 37.2 Å². The highest BCUT2D eigenvalue weighted by atomic mass is 35.5. The van der Waals surface area contributed by atoms with E-state index in [0.29, 0.717) is 0 Å². The predicted molar refractivity (Wildman–Crippen MR) is 83.2 cm³/mol. The van der Waals surface area contributed by atoms with Crippen molar-refractivity contribution in [2.45, 2.75) is 6.10 Å². The van der Waals surface area contributed by atoms with Crippen molar-refractivity contribution < 1.29 is 30.0 Å². The second kappa shape index (κ2) is 6.75. The minimum absolute atomic E-state index is 0.0178. The van der Waals surface area contributed by atoms with Gasteiger partial charge < -0.3 is 20.4 Å². The van der Waals surface area contributed by atoms with Gasteiger partial charge in [0.25, 0.3) is 11.8 Å². The van der Waals surface area contributed by atoms with E-state index in [1.165, 1.54) is 18.2 Å². The van der Waals surface area contributed by atoms with E-state index in [2.05, 4.69) is 0 Å². The van der Waals surface area contributed by atoms with Gasteiger partial charge in [0.2, 0.25) is 0 Å². The fraction of sp³-hybridized carbons (Fsp3) is 0.0667. The van der Waals surface area contributed by atoms with E-state index < -0.39 is 29.2 Å². The Morgan fingerprint density at radius 1 is 1.08 bits per heavy atom. The van der Waals surface area contributed by atoms with Gasteiger partial charge in [0.1, 0.15) is 22.8 Å². The van der Waals surface area contributed by atoms with E-state index in [-0.39, 0.29) is 27.1 Å². The zero-order valence-corrected chi connectivity index (χ0v) is 12.8. The molecule has 2 rings (SSSR count). The molecule has 9 heteroatoms. The van der Waals surface area contributed by atoms with Crippen molar-refractivity contribution in [2.24, 2.45) is 5.84 Å². The summed E-state index contributed by atoms with van der Waals surface area (Å²) in [5.74, 6) is 1.79. The number of halogens is 1. The van der Waals surface area contributed by atoms with Crippen LogP contribution < -0.4 is 5.84 Å². The number of phenols is 3. The number of carbonyl (C=O) groups is 2. The van der Waals surface area contributed by atoms with Crippen molar-refractivity contribution in [1.82, 2.24) is 5.01 Å². The third-order valence-electron chi connectivity index (χ3n) is 3.14. The van der Waals surface area contributed by atoms with Gasteiger partial charge in [-0.05, 0) is 23.8 Å². The normalized spacial score (nSPS) is 11.8. The minimum Gasteiger partial charge on any atom is -0.508 e. The highest BCUT2D eigenvalue weighted by Crippen LogP contribution is 2.31. The van der Waals surface area contributed by atoms with Gasteiger partial charge in [-0.3, -0.25) is 9.59 Å². The van der Waals surface area contributed by atoms with Crippen LogP contribution in [0.3, 0.4) is 0 Å². The van der Waals surface area contributed by atoms with Gasteiger partial charge >= 0.3 is 0 Å². The first kappa shape index (κ1) is 17.5. The number of hydrazine groups is 1. The van der Waals surface area contributed by atoms with Crippen molar-refractivity contribution in [3.05, 3.63) is 52.5 Å². The van der Waals surface area contributed by atoms with Gasteiger partial charge in [-0.15, -0.1) is 0 Å². The summed E-state index contributed by atoms with van der Waals surface area (Å²) in [5, 5.41) is 38.1. The smallest absolute Gasteiger partial charge is 0.280 e. The molecule has 0 fully saturated rings. The fourth-order valence-corrected chi connectivity index (χ4v) is 2.27. The highest BCUT2D eigenvalue weighted by molar-refractivity contribution is 6.34. The Bertz CT molecular complexity index is 787. The van der Waals surface area contributed by atoms with E-state index in [4.69, 9.17) is 17.4 Å². The minimum atomic E-state index is -1.82. The Labute approximate surface area is 140 Å². The SMILES string of the molecule is NN(C(=O)c1c(O)cc(O)cc1Cl)C(=O)C(O)c1cccc(O)c1. The zero-order valence-electron chi connectivity index (χ0n) is 12.0. The third kappa shape index (κ3) is 3.40. The maximum absolute atomic E-state index is 12.2. The van der Waals surface area contributed by atoms with E-state index in [1.54, 1.807) is 0 Å². The summed E-state index contributed by atoms with van der Waals surface area (Å²) in [4.78, 5) is 24.4. The second-order valence-corrected chi connectivity index (χ2v) is 5.24. The lowest BCUT2D eigenvalue weighted by Crippen LogP contribution is -2.45. The molecular formula is C15H13ClN2O6. The van der Waals surface area contributed by atoms with Gasteiger partial charge in [-0.2, -0.15) is 0 Å². The molecule has 0 radical (unpaired) electrons. The molecule has 1 atom stereocenters. The van der Waals surface area contributed by atoms with Gasteiger partial charge in [0.05, 0.1) is 5.02 Å². The molecule has 0 saturated heterocycles. The highest BCUT2D eigenvalue weighted by Gasteiger charge is 2.30. The van der Waals surface area contributed by atoms with Crippen LogP contribution in [-0.2, 0) is 4.79 Å². The summed E-state index contributed by atoms with van der Waals surface area (Å²) < 4.78 is 0. The standard InChI is InChI=1S/C15H13ClN2O6/c16-10-5-9(20)6-11(21)12(10)14(23)18(17)15(24)13(22)7-2-1-3-8(19)4-7/h1-6,13,19-22H,17H2. The van der Waals surface area contributed by atoms with Crippen LogP contribution in [0.1, 0.15) is 22.0 Å². The lowest BCUT2D eigenvalue weighted by Gasteiger charge is -2.19. The molecule has 8 nitrogen and oxygen atoms in total. The molecule has 0 heterocycles. The molecule has 0 aliphatic rings. The lowest BCUT2D eigenvalue weighted by molar-refractivity contribution is -0.138. The Hall–Kier alpha value is -2.81. The van der Waals surface area contributed by atoms with Gasteiger partial charge in [-0.1, -0.05) is 23.7 Å². The van der Waals surface area contributed by atoms with Crippen LogP contribution in [0.2, 0.25) is 5.02 Å². The number of carbonyl (C=O) groups excluding carboxylic acids is 2. The van der Waals surface area contributed by atoms with Crippen LogP contribution in [0.5, 0.6) is 17.2 Å². The molecule has 0 aromatic heterocycles. The van der Waals surface area contributed by atoms with Crippen LogP contribution in [0.4, 0.5) is 0 Å². The number of amides is 2. The van der Waals surface area contributed by atoms with Crippen molar-refractivity contribution in [2.75, 3.05) is 0 Å². The van der Waals surface area contributed by atoms with Crippen LogP contribution in [0.15, 0.2) is 36.4 Å². The second-order valence-electron chi connectivity index (χ2n) is 4.83. The van der Waals surface area contributed by atoms with E-state index in [1.807, 2.05) is 0 Å². The first-order valence-corrected chi connectivity index (χ1v) is 6.91. The Morgan fingerprint density at radius 2 is 1.75 bits per heavy atom. The van der Waals surface area contributed by atoms with Crippen molar-refractivity contribution in [3.63, 3.8) is 0 Å². The molecule has 2 amide bonds. The number of phenolic OH excluding ortho intramolecular Hbond substituents is 3. The summed E-state index contributed by atoms with van der Waals surface area (Å²) in [6.07, 6.45) is -1.82. The number of imide groups is 1. The number of nitrogens with zero attached hydrogens (tertiary/aromatic N) is 1. The summed E-state index contributed by atoms with van der Waals surface area (Å²) in [7, 11) is 0. The Kier molecular flexibility index (Phi) is 4.93. The molecule has 126 valence electrons. The number of benzene rings is 2. The number of aliphatic hydroxyl groups is 1. The van der Waals surface area contributed by atoms with Crippen molar-refractivity contribution in [1.29, 1.82) is 0 Å². The predicted octanol–water partition coefficient (Wildman–Crippen LogP) is 1.03. The van der Waals surface area contributed by atoms with Crippen molar-refractivity contribution in [3.8, 4) is 17.2 Å². The molecule has 2 aromatic carbocycles. The van der Waals surface area contributed by atoms with E-state index in [9.17, 15) is 30.0 Å². The summed E-state index contributed by atoms with van der Waals surface area (Å²) >= 11 is 5.77. The van der Waals surface area contributed by atoms with Crippen molar-refractivity contribution >= 4 is 23.4 Å². The first-order chi connectivity index (χ1) is 11.2. The molecule has 1 unspecified atom stereocenters. The monoisotopic (exact) mass is 352 g/mol. The quantitative estimate of drug-likeness (QED) is 0.315. The molecular weight excluding hydrogens is 340 g/mol. The third-order valence-corrected chi connectivity index (χ3v) is 3.44. The number of hydrogen-bond donors (Lipinski definition) is 5. The zero-order chi connectivity index (χ0) is 18.0. The Balaban J connectivity index is 2.29. The van der Waals surface area contributed by atoms with E-state index >= 15 is 0 Å². The molecule has 0 aliphatic heterocycles.